The van der Waals surface area contributed by atoms with E-state index in [1.54, 1.807) is 49.5 Å². The summed E-state index contributed by atoms with van der Waals surface area (Å²) in [6.07, 6.45) is 1.12. The van der Waals surface area contributed by atoms with E-state index >= 15 is 0 Å². The highest BCUT2D eigenvalue weighted by molar-refractivity contribution is 5.98. The normalized spacial score (nSPS) is 15.8. The number of aromatic nitrogens is 2. The van der Waals surface area contributed by atoms with E-state index in [-0.39, 0.29) is 23.9 Å². The first-order valence-corrected chi connectivity index (χ1v) is 9.77. The van der Waals surface area contributed by atoms with Crippen molar-refractivity contribution in [2.45, 2.75) is 25.5 Å². The standard InChI is InChI=1S/C22H22N4O4/c1-26(13-19-24-17-9-3-2-8-16(17)20(27)25-19)22(29)14-6-4-7-15(12-14)23-21(28)18-10-5-11-30-18/h2-4,6-9,12,18H,5,10-11,13H2,1H3,(H,23,28)(H,24,25,27)/t18-/m0/s1. The van der Waals surface area contributed by atoms with Crippen LogP contribution >= 0.6 is 0 Å². The number of rotatable bonds is 5. The molecule has 8 nitrogen and oxygen atoms in total. The zero-order valence-corrected chi connectivity index (χ0v) is 16.6. The number of hydrogen-bond acceptors (Lipinski definition) is 5. The molecule has 2 N–H and O–H groups in total. The molecule has 0 radical (unpaired) electrons. The highest BCUT2D eigenvalue weighted by atomic mass is 16.5. The molecule has 2 heterocycles. The van der Waals surface area contributed by atoms with Crippen molar-refractivity contribution in [3.05, 3.63) is 70.3 Å². The average Bonchev–Trinajstić information content (AvgIpc) is 3.28. The van der Waals surface area contributed by atoms with Gasteiger partial charge in [-0.1, -0.05) is 18.2 Å². The Bertz CT molecular complexity index is 1150. The number of para-hydroxylation sites is 1. The molecule has 4 rings (SSSR count). The van der Waals surface area contributed by atoms with Crippen LogP contribution in [0.15, 0.2) is 53.3 Å². The van der Waals surface area contributed by atoms with Gasteiger partial charge in [0.1, 0.15) is 11.9 Å². The smallest absolute Gasteiger partial charge is 0.258 e. The number of nitrogens with zero attached hydrogens (tertiary/aromatic N) is 2. The number of amides is 2. The van der Waals surface area contributed by atoms with Crippen LogP contribution in [-0.2, 0) is 16.1 Å². The Hall–Kier alpha value is -3.52. The predicted octanol–water partition coefficient (Wildman–Crippen LogP) is 2.31. The maximum atomic E-state index is 12.9. The summed E-state index contributed by atoms with van der Waals surface area (Å²) in [5.41, 5.74) is 1.30. The van der Waals surface area contributed by atoms with E-state index in [2.05, 4.69) is 15.3 Å². The topological polar surface area (TPSA) is 104 Å². The lowest BCUT2D eigenvalue weighted by Crippen LogP contribution is -2.29. The summed E-state index contributed by atoms with van der Waals surface area (Å²) in [7, 11) is 1.63. The first kappa shape index (κ1) is 19.8. The molecule has 1 aliphatic heterocycles. The maximum absolute atomic E-state index is 12.9. The number of aromatic amines is 1. The van der Waals surface area contributed by atoms with Crippen molar-refractivity contribution < 1.29 is 14.3 Å². The van der Waals surface area contributed by atoms with Crippen molar-refractivity contribution in [1.29, 1.82) is 0 Å². The molecule has 30 heavy (non-hydrogen) atoms. The number of anilines is 1. The first-order valence-electron chi connectivity index (χ1n) is 9.77. The number of hydrogen-bond donors (Lipinski definition) is 2. The Morgan fingerprint density at radius 1 is 1.23 bits per heavy atom. The fourth-order valence-corrected chi connectivity index (χ4v) is 3.46. The van der Waals surface area contributed by atoms with Gasteiger partial charge >= 0.3 is 0 Å². The third-order valence-corrected chi connectivity index (χ3v) is 4.99. The van der Waals surface area contributed by atoms with Crippen LogP contribution in [0.5, 0.6) is 0 Å². The summed E-state index contributed by atoms with van der Waals surface area (Å²) >= 11 is 0. The van der Waals surface area contributed by atoms with E-state index in [1.807, 2.05) is 6.07 Å². The van der Waals surface area contributed by atoms with Gasteiger partial charge in [-0.25, -0.2) is 4.98 Å². The van der Waals surface area contributed by atoms with Crippen LogP contribution in [0.4, 0.5) is 5.69 Å². The van der Waals surface area contributed by atoms with E-state index < -0.39 is 6.10 Å². The molecule has 1 aliphatic rings. The molecule has 0 saturated carbocycles. The third-order valence-electron chi connectivity index (χ3n) is 4.99. The molecule has 0 aliphatic carbocycles. The molecule has 2 amide bonds. The van der Waals surface area contributed by atoms with E-state index in [0.717, 1.165) is 6.42 Å². The van der Waals surface area contributed by atoms with Gasteiger partial charge in [0, 0.05) is 24.9 Å². The van der Waals surface area contributed by atoms with Crippen molar-refractivity contribution in [2.24, 2.45) is 0 Å². The second kappa shape index (κ2) is 8.46. The fraction of sp³-hybridized carbons (Fsp3) is 0.273. The van der Waals surface area contributed by atoms with E-state index in [1.165, 1.54) is 4.90 Å². The van der Waals surface area contributed by atoms with Gasteiger partial charge in [-0.3, -0.25) is 14.4 Å². The van der Waals surface area contributed by atoms with Crippen molar-refractivity contribution >= 4 is 28.4 Å². The molecule has 3 aromatic rings. The predicted molar refractivity (Wildman–Crippen MR) is 112 cm³/mol. The summed E-state index contributed by atoms with van der Waals surface area (Å²) < 4.78 is 5.39. The summed E-state index contributed by atoms with van der Waals surface area (Å²) in [5.74, 6) is -0.0557. The van der Waals surface area contributed by atoms with Crippen LogP contribution in [-0.4, -0.2) is 46.4 Å². The van der Waals surface area contributed by atoms with Gasteiger partial charge in [-0.2, -0.15) is 0 Å². The molecular formula is C22H22N4O4. The van der Waals surface area contributed by atoms with Crippen LogP contribution in [0.3, 0.4) is 0 Å². The number of carbonyl (C=O) groups excluding carboxylic acids is 2. The van der Waals surface area contributed by atoms with Crippen molar-refractivity contribution in [3.8, 4) is 0 Å². The number of benzene rings is 2. The number of nitrogens with one attached hydrogen (secondary N) is 2. The fourth-order valence-electron chi connectivity index (χ4n) is 3.46. The van der Waals surface area contributed by atoms with Crippen molar-refractivity contribution in [2.75, 3.05) is 19.0 Å². The number of carbonyl (C=O) groups is 2. The lowest BCUT2D eigenvalue weighted by atomic mass is 10.1. The molecule has 154 valence electrons. The van der Waals surface area contributed by atoms with Gasteiger partial charge in [-0.15, -0.1) is 0 Å². The average molecular weight is 406 g/mol. The minimum absolute atomic E-state index is 0.144. The summed E-state index contributed by atoms with van der Waals surface area (Å²) in [6.45, 7) is 0.734. The van der Waals surface area contributed by atoms with Crippen molar-refractivity contribution in [3.63, 3.8) is 0 Å². The second-order valence-electron chi connectivity index (χ2n) is 7.26. The van der Waals surface area contributed by atoms with Crippen LogP contribution < -0.4 is 10.9 Å². The van der Waals surface area contributed by atoms with Crippen LogP contribution in [0, 0.1) is 0 Å². The summed E-state index contributed by atoms with van der Waals surface area (Å²) in [5, 5.41) is 3.31. The van der Waals surface area contributed by atoms with Crippen LogP contribution in [0.1, 0.15) is 29.0 Å². The highest BCUT2D eigenvalue weighted by Gasteiger charge is 2.24. The van der Waals surface area contributed by atoms with Gasteiger partial charge in [0.25, 0.3) is 17.4 Å². The Labute approximate surface area is 172 Å². The van der Waals surface area contributed by atoms with Crippen LogP contribution in [0.2, 0.25) is 0 Å². The largest absolute Gasteiger partial charge is 0.368 e. The summed E-state index contributed by atoms with van der Waals surface area (Å²) in [4.78, 5) is 45.9. The molecule has 8 heteroatoms. The number of ether oxygens (including phenoxy) is 1. The van der Waals surface area contributed by atoms with Crippen molar-refractivity contribution in [1.82, 2.24) is 14.9 Å². The van der Waals surface area contributed by atoms with E-state index in [9.17, 15) is 14.4 Å². The quantitative estimate of drug-likeness (QED) is 0.677. The highest BCUT2D eigenvalue weighted by Crippen LogP contribution is 2.17. The molecule has 1 atom stereocenters. The SMILES string of the molecule is CN(Cc1nc2ccccc2c(=O)[nH]1)C(=O)c1cccc(NC(=O)[C@@H]2CCCO2)c1. The van der Waals surface area contributed by atoms with Gasteiger partial charge in [-0.05, 0) is 43.2 Å². The zero-order chi connectivity index (χ0) is 21.1. The molecular weight excluding hydrogens is 384 g/mol. The Morgan fingerprint density at radius 3 is 2.87 bits per heavy atom. The van der Waals surface area contributed by atoms with Gasteiger partial charge in [0.15, 0.2) is 0 Å². The van der Waals surface area contributed by atoms with Gasteiger partial charge in [0.2, 0.25) is 0 Å². The molecule has 2 aromatic carbocycles. The summed E-state index contributed by atoms with van der Waals surface area (Å²) in [6, 6.07) is 13.8. The number of fused-ring (bicyclic) bond motifs is 1. The van der Waals surface area contributed by atoms with Gasteiger partial charge < -0.3 is 19.9 Å². The third kappa shape index (κ3) is 4.23. The van der Waals surface area contributed by atoms with E-state index in [0.29, 0.717) is 41.0 Å². The minimum Gasteiger partial charge on any atom is -0.368 e. The lowest BCUT2D eigenvalue weighted by molar-refractivity contribution is -0.124. The van der Waals surface area contributed by atoms with Crippen LogP contribution in [0.25, 0.3) is 10.9 Å². The number of H-pyrrole nitrogens is 1. The zero-order valence-electron chi connectivity index (χ0n) is 16.6. The second-order valence-corrected chi connectivity index (χ2v) is 7.26. The van der Waals surface area contributed by atoms with E-state index in [4.69, 9.17) is 4.74 Å². The molecule has 1 aromatic heterocycles. The monoisotopic (exact) mass is 406 g/mol. The Kier molecular flexibility index (Phi) is 5.58. The molecule has 1 fully saturated rings. The molecule has 1 saturated heterocycles. The lowest BCUT2D eigenvalue weighted by Gasteiger charge is -2.17. The Morgan fingerprint density at radius 2 is 2.07 bits per heavy atom. The molecule has 0 unspecified atom stereocenters. The minimum atomic E-state index is -0.442. The Balaban J connectivity index is 1.47. The first-order chi connectivity index (χ1) is 14.5. The molecule has 0 spiro atoms. The van der Waals surface area contributed by atoms with Gasteiger partial charge in [0.05, 0.1) is 17.4 Å². The maximum Gasteiger partial charge on any atom is 0.258 e. The molecule has 0 bridgehead atoms.